The van der Waals surface area contributed by atoms with E-state index in [1.165, 1.54) is 46.6 Å². The molecule has 182 valence electrons. The molecule has 11 nitrogen and oxygen atoms in total. The van der Waals surface area contributed by atoms with Crippen LogP contribution >= 0.6 is 0 Å². The number of nitro groups is 1. The summed E-state index contributed by atoms with van der Waals surface area (Å²) in [5, 5.41) is 17.1. The number of methoxy groups -OCH3 is 4. The van der Waals surface area contributed by atoms with E-state index in [4.69, 9.17) is 18.9 Å². The van der Waals surface area contributed by atoms with E-state index < -0.39 is 22.4 Å². The van der Waals surface area contributed by atoms with Gasteiger partial charge < -0.3 is 29.6 Å². The summed E-state index contributed by atoms with van der Waals surface area (Å²) in [4.78, 5) is 37.2. The summed E-state index contributed by atoms with van der Waals surface area (Å²) in [6.45, 7) is 0. The van der Waals surface area contributed by atoms with E-state index in [1.807, 2.05) is 0 Å². The van der Waals surface area contributed by atoms with Crippen molar-refractivity contribution in [3.05, 3.63) is 75.8 Å². The van der Waals surface area contributed by atoms with E-state index in [-0.39, 0.29) is 34.1 Å². The van der Waals surface area contributed by atoms with Crippen LogP contribution in [0.4, 0.5) is 17.1 Å². The largest absolute Gasteiger partial charge is 0.497 e. The second-order valence-electron chi connectivity index (χ2n) is 6.98. The van der Waals surface area contributed by atoms with Crippen LogP contribution in [0.1, 0.15) is 20.7 Å². The Morgan fingerprint density at radius 1 is 0.771 bits per heavy atom. The predicted octanol–water partition coefficient (Wildman–Crippen LogP) is 4.13. The third-order valence-electron chi connectivity index (χ3n) is 4.98. The number of carbonyl (C=O) groups is 2. The van der Waals surface area contributed by atoms with Crippen LogP contribution < -0.4 is 29.6 Å². The first-order chi connectivity index (χ1) is 16.8. The van der Waals surface area contributed by atoms with Crippen LogP contribution in [-0.4, -0.2) is 45.2 Å². The van der Waals surface area contributed by atoms with Gasteiger partial charge in [-0.2, -0.15) is 0 Å². The van der Waals surface area contributed by atoms with Crippen molar-refractivity contribution < 1.29 is 33.5 Å². The second-order valence-corrected chi connectivity index (χ2v) is 6.98. The monoisotopic (exact) mass is 481 g/mol. The summed E-state index contributed by atoms with van der Waals surface area (Å²) >= 11 is 0. The summed E-state index contributed by atoms with van der Waals surface area (Å²) in [6.07, 6.45) is 0. The fraction of sp³-hybridized carbons (Fsp3) is 0.167. The van der Waals surface area contributed by atoms with E-state index in [0.717, 1.165) is 0 Å². The molecule has 0 bridgehead atoms. The quantitative estimate of drug-likeness (QED) is 0.344. The van der Waals surface area contributed by atoms with Gasteiger partial charge in [0.1, 0.15) is 11.3 Å². The van der Waals surface area contributed by atoms with Crippen LogP contribution in [0.5, 0.6) is 23.0 Å². The molecule has 35 heavy (non-hydrogen) atoms. The highest BCUT2D eigenvalue weighted by atomic mass is 16.6. The molecule has 0 fully saturated rings. The van der Waals surface area contributed by atoms with E-state index in [1.54, 1.807) is 36.4 Å². The Balaban J connectivity index is 1.98. The minimum atomic E-state index is -0.849. The topological polar surface area (TPSA) is 138 Å². The van der Waals surface area contributed by atoms with E-state index in [0.29, 0.717) is 11.4 Å². The lowest BCUT2D eigenvalue weighted by Gasteiger charge is -2.16. The zero-order valence-electron chi connectivity index (χ0n) is 19.4. The Morgan fingerprint density at radius 2 is 1.46 bits per heavy atom. The summed E-state index contributed by atoms with van der Waals surface area (Å²) in [5.41, 5.74) is -0.191. The van der Waals surface area contributed by atoms with Gasteiger partial charge in [0, 0.05) is 17.8 Å². The maximum Gasteiger partial charge on any atom is 0.327 e. The molecule has 0 spiro atoms. The first-order valence-electron chi connectivity index (χ1n) is 10.2. The molecule has 0 saturated heterocycles. The van der Waals surface area contributed by atoms with Crippen molar-refractivity contribution in [1.29, 1.82) is 0 Å². The van der Waals surface area contributed by atoms with Crippen molar-refractivity contribution in [3.8, 4) is 23.0 Å². The van der Waals surface area contributed by atoms with Gasteiger partial charge in [-0.05, 0) is 24.3 Å². The minimum absolute atomic E-state index is 0.0312. The number of anilines is 2. The van der Waals surface area contributed by atoms with Gasteiger partial charge in [-0.25, -0.2) is 0 Å². The number of nitrogens with zero attached hydrogens (tertiary/aromatic N) is 1. The highest BCUT2D eigenvalue weighted by molar-refractivity contribution is 6.14. The molecule has 0 atom stereocenters. The Morgan fingerprint density at radius 3 is 2.09 bits per heavy atom. The first kappa shape index (κ1) is 24.8. The highest BCUT2D eigenvalue weighted by Crippen LogP contribution is 2.46. The lowest BCUT2D eigenvalue weighted by molar-refractivity contribution is -0.386. The number of rotatable bonds is 9. The Bertz CT molecular complexity index is 1280. The zero-order valence-corrected chi connectivity index (χ0v) is 19.4. The highest BCUT2D eigenvalue weighted by Gasteiger charge is 2.32. The van der Waals surface area contributed by atoms with Crippen molar-refractivity contribution in [2.45, 2.75) is 0 Å². The SMILES string of the molecule is COc1cccc(NC(=O)c2ccccc2NC(=O)c2cc(OC)c(OC)c(OC)c2[N+](=O)[O-])c1. The number of hydrogen-bond acceptors (Lipinski definition) is 8. The van der Waals surface area contributed by atoms with Crippen LogP contribution in [0, 0.1) is 10.1 Å². The molecule has 0 aliphatic rings. The Hall–Kier alpha value is -4.80. The standard InChI is InChI=1S/C24H23N3O8/c1-32-15-9-7-8-14(12-15)25-23(28)16-10-5-6-11-18(16)26-24(29)17-13-19(33-2)21(34-3)22(35-4)20(17)27(30)31/h5-13H,1-4H3,(H,25,28)(H,26,29). The molecule has 3 rings (SSSR count). The summed E-state index contributed by atoms with van der Waals surface area (Å²) in [6, 6.07) is 14.2. The predicted molar refractivity (Wildman–Crippen MR) is 128 cm³/mol. The molecule has 0 aliphatic carbocycles. The van der Waals surface area contributed by atoms with Gasteiger partial charge in [0.25, 0.3) is 11.8 Å². The van der Waals surface area contributed by atoms with E-state index >= 15 is 0 Å². The van der Waals surface area contributed by atoms with Crippen molar-refractivity contribution in [3.63, 3.8) is 0 Å². The molecule has 11 heteroatoms. The maximum atomic E-state index is 13.2. The third-order valence-corrected chi connectivity index (χ3v) is 4.98. The van der Waals surface area contributed by atoms with Gasteiger partial charge in [0.2, 0.25) is 11.5 Å². The van der Waals surface area contributed by atoms with Crippen LogP contribution in [0.2, 0.25) is 0 Å². The zero-order chi connectivity index (χ0) is 25.5. The molecule has 0 heterocycles. The number of para-hydroxylation sites is 1. The molecule has 0 radical (unpaired) electrons. The minimum Gasteiger partial charge on any atom is -0.497 e. The number of carbonyl (C=O) groups excluding carboxylic acids is 2. The maximum absolute atomic E-state index is 13.2. The first-order valence-corrected chi connectivity index (χ1v) is 10.2. The number of hydrogen-bond donors (Lipinski definition) is 2. The number of nitrogens with one attached hydrogen (secondary N) is 2. The molecule has 0 aliphatic heterocycles. The summed E-state index contributed by atoms with van der Waals surface area (Å²) < 4.78 is 20.7. The Labute approximate surface area is 200 Å². The van der Waals surface area contributed by atoms with Crippen LogP contribution in [0.3, 0.4) is 0 Å². The molecule has 2 N–H and O–H groups in total. The normalized spacial score (nSPS) is 10.2. The van der Waals surface area contributed by atoms with Gasteiger partial charge >= 0.3 is 5.69 Å². The van der Waals surface area contributed by atoms with Crippen LogP contribution in [0.15, 0.2) is 54.6 Å². The molecule has 3 aromatic carbocycles. The smallest absolute Gasteiger partial charge is 0.327 e. The number of benzene rings is 3. The second kappa shape index (κ2) is 10.9. The lowest BCUT2D eigenvalue weighted by Crippen LogP contribution is -2.19. The van der Waals surface area contributed by atoms with Gasteiger partial charge in [-0.15, -0.1) is 0 Å². The van der Waals surface area contributed by atoms with Crippen LogP contribution in [-0.2, 0) is 0 Å². The Kier molecular flexibility index (Phi) is 7.72. The number of nitro benzene ring substituents is 1. The molecule has 0 aromatic heterocycles. The van der Waals surface area contributed by atoms with Crippen molar-refractivity contribution in [2.24, 2.45) is 0 Å². The van der Waals surface area contributed by atoms with Crippen molar-refractivity contribution in [2.75, 3.05) is 39.1 Å². The van der Waals surface area contributed by atoms with Gasteiger partial charge in [-0.3, -0.25) is 19.7 Å². The molecular weight excluding hydrogens is 458 g/mol. The summed E-state index contributed by atoms with van der Waals surface area (Å²) in [7, 11) is 5.34. The number of ether oxygens (including phenoxy) is 4. The van der Waals surface area contributed by atoms with E-state index in [9.17, 15) is 19.7 Å². The average Bonchev–Trinajstić information content (AvgIpc) is 2.87. The average molecular weight is 481 g/mol. The lowest BCUT2D eigenvalue weighted by atomic mass is 10.1. The van der Waals surface area contributed by atoms with Crippen molar-refractivity contribution in [1.82, 2.24) is 0 Å². The molecular formula is C24H23N3O8. The fourth-order valence-corrected chi connectivity index (χ4v) is 3.37. The van der Waals surface area contributed by atoms with Gasteiger partial charge in [0.05, 0.1) is 44.6 Å². The van der Waals surface area contributed by atoms with E-state index in [2.05, 4.69) is 10.6 Å². The van der Waals surface area contributed by atoms with Gasteiger partial charge in [0.15, 0.2) is 5.75 Å². The molecule has 2 amide bonds. The number of amides is 2. The summed E-state index contributed by atoms with van der Waals surface area (Å²) in [5.74, 6) is -1.04. The van der Waals surface area contributed by atoms with Gasteiger partial charge in [-0.1, -0.05) is 18.2 Å². The van der Waals surface area contributed by atoms with Crippen molar-refractivity contribution >= 4 is 28.9 Å². The fourth-order valence-electron chi connectivity index (χ4n) is 3.37. The molecule has 0 saturated carbocycles. The molecule has 0 unspecified atom stereocenters. The third kappa shape index (κ3) is 5.24. The molecule has 3 aromatic rings. The van der Waals surface area contributed by atoms with Crippen LogP contribution in [0.25, 0.3) is 0 Å².